The van der Waals surface area contributed by atoms with Crippen LogP contribution < -0.4 is 0 Å². The highest BCUT2D eigenvalue weighted by atomic mass is 16.5. The summed E-state index contributed by atoms with van der Waals surface area (Å²) in [6, 6.07) is 0. The van der Waals surface area contributed by atoms with Crippen molar-refractivity contribution in [3.8, 4) is 0 Å². The molecule has 11 heavy (non-hydrogen) atoms. The molecule has 0 fully saturated rings. The Balaban J connectivity index is 4.33. The summed E-state index contributed by atoms with van der Waals surface area (Å²) < 4.78 is 4.90. The topological polar surface area (TPSA) is 49.7 Å². The summed E-state index contributed by atoms with van der Waals surface area (Å²) in [6.07, 6.45) is 0. The Bertz CT molecular complexity index is 117. The van der Waals surface area contributed by atoms with Crippen molar-refractivity contribution in [2.75, 3.05) is 20.3 Å². The van der Waals surface area contributed by atoms with Crippen LogP contribution in [0.2, 0.25) is 0 Å². The highest BCUT2D eigenvalue weighted by Gasteiger charge is 2.38. The zero-order valence-electron chi connectivity index (χ0n) is 7.72. The van der Waals surface area contributed by atoms with Crippen molar-refractivity contribution in [2.24, 2.45) is 5.41 Å². The smallest absolute Gasteiger partial charge is 0.0689 e. The van der Waals surface area contributed by atoms with Crippen LogP contribution in [0.1, 0.15) is 20.8 Å². The number of methoxy groups -OCH3 is 1. The van der Waals surface area contributed by atoms with E-state index in [2.05, 4.69) is 0 Å². The van der Waals surface area contributed by atoms with Crippen molar-refractivity contribution in [2.45, 2.75) is 26.4 Å². The molecule has 1 unspecified atom stereocenters. The quantitative estimate of drug-likeness (QED) is 0.629. The van der Waals surface area contributed by atoms with Crippen LogP contribution in [0.5, 0.6) is 0 Å². The Kier molecular flexibility index (Phi) is 3.48. The van der Waals surface area contributed by atoms with Crippen molar-refractivity contribution >= 4 is 0 Å². The van der Waals surface area contributed by atoms with Crippen LogP contribution in [0.3, 0.4) is 0 Å². The van der Waals surface area contributed by atoms with E-state index in [0.717, 1.165) is 0 Å². The number of hydrogen-bond acceptors (Lipinski definition) is 3. The molecule has 0 saturated carbocycles. The third kappa shape index (κ3) is 2.43. The highest BCUT2D eigenvalue weighted by Crippen LogP contribution is 2.30. The number of aliphatic hydroxyl groups excluding tert-OH is 1. The van der Waals surface area contributed by atoms with E-state index in [1.165, 1.54) is 0 Å². The van der Waals surface area contributed by atoms with Crippen molar-refractivity contribution in [1.29, 1.82) is 0 Å². The molecule has 1 atom stereocenters. The fourth-order valence-corrected chi connectivity index (χ4v) is 0.734. The molecule has 0 saturated heterocycles. The zero-order chi connectivity index (χ0) is 9.12. The van der Waals surface area contributed by atoms with Gasteiger partial charge in [0.25, 0.3) is 0 Å². The van der Waals surface area contributed by atoms with E-state index in [0.29, 0.717) is 6.61 Å². The van der Waals surface area contributed by atoms with E-state index < -0.39 is 11.0 Å². The minimum atomic E-state index is -0.919. The zero-order valence-corrected chi connectivity index (χ0v) is 7.72. The third-order valence-corrected chi connectivity index (χ3v) is 2.29. The lowest BCUT2D eigenvalue weighted by molar-refractivity contribution is -0.106. The van der Waals surface area contributed by atoms with E-state index in [9.17, 15) is 5.11 Å². The average Bonchev–Trinajstić information content (AvgIpc) is 1.86. The van der Waals surface area contributed by atoms with Gasteiger partial charge in [-0.1, -0.05) is 6.92 Å². The van der Waals surface area contributed by atoms with Crippen LogP contribution in [0.4, 0.5) is 0 Å². The number of aliphatic hydroxyl groups is 2. The van der Waals surface area contributed by atoms with Gasteiger partial charge in [-0.15, -0.1) is 0 Å². The van der Waals surface area contributed by atoms with Gasteiger partial charge >= 0.3 is 0 Å². The molecule has 0 aromatic rings. The summed E-state index contributed by atoms with van der Waals surface area (Å²) in [5, 5.41) is 18.6. The van der Waals surface area contributed by atoms with E-state index in [1.807, 2.05) is 0 Å². The van der Waals surface area contributed by atoms with Crippen LogP contribution in [-0.2, 0) is 4.74 Å². The standard InChI is InChI=1S/C8H18O3/c1-7(2,10)8(3,5-9)6-11-4/h9-10H,5-6H2,1-4H3. The first-order chi connectivity index (χ1) is 4.87. The number of ether oxygens (including phenoxy) is 1. The minimum Gasteiger partial charge on any atom is -0.396 e. The van der Waals surface area contributed by atoms with E-state index >= 15 is 0 Å². The van der Waals surface area contributed by atoms with Crippen molar-refractivity contribution in [3.05, 3.63) is 0 Å². The predicted molar refractivity (Wildman–Crippen MR) is 43.4 cm³/mol. The molecule has 0 aromatic heterocycles. The maximum atomic E-state index is 9.63. The lowest BCUT2D eigenvalue weighted by atomic mass is 9.77. The largest absolute Gasteiger partial charge is 0.396 e. The molecular weight excluding hydrogens is 144 g/mol. The molecule has 0 aliphatic carbocycles. The van der Waals surface area contributed by atoms with Gasteiger partial charge in [0.15, 0.2) is 0 Å². The van der Waals surface area contributed by atoms with Crippen molar-refractivity contribution in [1.82, 2.24) is 0 Å². The molecule has 0 aromatic carbocycles. The number of hydrogen-bond donors (Lipinski definition) is 2. The lowest BCUT2D eigenvalue weighted by Crippen LogP contribution is -2.47. The van der Waals surface area contributed by atoms with Gasteiger partial charge in [0.05, 0.1) is 18.8 Å². The summed E-state index contributed by atoms with van der Waals surface area (Å²) >= 11 is 0. The van der Waals surface area contributed by atoms with Crippen LogP contribution in [0.15, 0.2) is 0 Å². The Morgan fingerprint density at radius 3 is 1.82 bits per heavy atom. The molecule has 0 aliphatic heterocycles. The first kappa shape index (κ1) is 10.9. The average molecular weight is 162 g/mol. The molecule has 0 aliphatic rings. The molecule has 0 rings (SSSR count). The van der Waals surface area contributed by atoms with Crippen LogP contribution in [0.25, 0.3) is 0 Å². The molecule has 0 heterocycles. The monoisotopic (exact) mass is 162 g/mol. The fraction of sp³-hybridized carbons (Fsp3) is 1.00. The molecule has 2 N–H and O–H groups in total. The van der Waals surface area contributed by atoms with Gasteiger partial charge in [0.2, 0.25) is 0 Å². The maximum Gasteiger partial charge on any atom is 0.0689 e. The third-order valence-electron chi connectivity index (χ3n) is 2.29. The molecule has 0 amide bonds. The predicted octanol–water partition coefficient (Wildman–Crippen LogP) is 0.402. The van der Waals surface area contributed by atoms with Gasteiger partial charge in [-0.2, -0.15) is 0 Å². The molecule has 0 spiro atoms. The second-order valence-electron chi connectivity index (χ2n) is 3.71. The van der Waals surface area contributed by atoms with Gasteiger partial charge < -0.3 is 14.9 Å². The molecule has 0 radical (unpaired) electrons. The van der Waals surface area contributed by atoms with E-state index in [4.69, 9.17) is 9.84 Å². The van der Waals surface area contributed by atoms with E-state index in [1.54, 1.807) is 27.9 Å². The molecule has 68 valence electrons. The second kappa shape index (κ2) is 3.52. The van der Waals surface area contributed by atoms with Crippen molar-refractivity contribution in [3.63, 3.8) is 0 Å². The van der Waals surface area contributed by atoms with Gasteiger partial charge in [0.1, 0.15) is 0 Å². The summed E-state index contributed by atoms with van der Waals surface area (Å²) in [5.41, 5.74) is -1.50. The van der Waals surface area contributed by atoms with Gasteiger partial charge in [0, 0.05) is 12.5 Å². The summed E-state index contributed by atoms with van der Waals surface area (Å²) in [4.78, 5) is 0. The first-order valence-electron chi connectivity index (χ1n) is 3.69. The van der Waals surface area contributed by atoms with Crippen LogP contribution in [-0.4, -0.2) is 36.1 Å². The fourth-order valence-electron chi connectivity index (χ4n) is 0.734. The summed E-state index contributed by atoms with van der Waals surface area (Å²) in [6.45, 7) is 5.40. The maximum absolute atomic E-state index is 9.63. The Labute approximate surface area is 68.0 Å². The minimum absolute atomic E-state index is 0.0790. The van der Waals surface area contributed by atoms with Gasteiger partial charge in [-0.3, -0.25) is 0 Å². The normalized spacial score (nSPS) is 18.0. The van der Waals surface area contributed by atoms with Crippen LogP contribution in [0, 0.1) is 5.41 Å². The summed E-state index contributed by atoms with van der Waals surface area (Å²) in [7, 11) is 1.56. The number of rotatable bonds is 4. The Morgan fingerprint density at radius 2 is 1.73 bits per heavy atom. The molecule has 3 heteroatoms. The molecule has 3 nitrogen and oxygen atoms in total. The van der Waals surface area contributed by atoms with Crippen molar-refractivity contribution < 1.29 is 14.9 Å². The highest BCUT2D eigenvalue weighted by molar-refractivity contribution is 4.88. The Morgan fingerprint density at radius 1 is 1.27 bits per heavy atom. The Hall–Kier alpha value is -0.120. The molecular formula is C8H18O3. The molecule has 0 bridgehead atoms. The van der Waals surface area contributed by atoms with Gasteiger partial charge in [-0.25, -0.2) is 0 Å². The van der Waals surface area contributed by atoms with Gasteiger partial charge in [-0.05, 0) is 13.8 Å². The summed E-state index contributed by atoms with van der Waals surface area (Å²) in [5.74, 6) is 0. The lowest BCUT2D eigenvalue weighted by Gasteiger charge is -2.38. The van der Waals surface area contributed by atoms with E-state index in [-0.39, 0.29) is 6.61 Å². The second-order valence-corrected chi connectivity index (χ2v) is 3.71. The van der Waals surface area contributed by atoms with Crippen LogP contribution >= 0.6 is 0 Å². The SMILES string of the molecule is COCC(C)(CO)C(C)(C)O. The first-order valence-corrected chi connectivity index (χ1v) is 3.69.